The highest BCUT2D eigenvalue weighted by atomic mass is 28.4. The van der Waals surface area contributed by atoms with Gasteiger partial charge in [-0.05, 0) is 35.4 Å². The van der Waals surface area contributed by atoms with Gasteiger partial charge in [0.15, 0.2) is 0 Å². The molecule has 0 saturated carbocycles. The number of hydrogen-bond acceptors (Lipinski definition) is 6. The van der Waals surface area contributed by atoms with Crippen molar-refractivity contribution in [1.82, 2.24) is 0 Å². The van der Waals surface area contributed by atoms with Crippen LogP contribution in [-0.4, -0.2) is 36.7 Å². The third-order valence-corrected chi connectivity index (χ3v) is 7.24. The smallest absolute Gasteiger partial charge is 0.493 e. The zero-order valence-electron chi connectivity index (χ0n) is 15.4. The average molecular weight is 373 g/mol. The van der Waals surface area contributed by atoms with Crippen LogP contribution in [0, 0.1) is 11.5 Å². The second kappa shape index (κ2) is 9.36. The van der Waals surface area contributed by atoms with E-state index in [9.17, 15) is 0 Å². The Morgan fingerprint density at radius 2 is 1.31 bits per heavy atom. The monoisotopic (exact) mass is 373 g/mol. The van der Waals surface area contributed by atoms with E-state index >= 15 is 0 Å². The van der Waals surface area contributed by atoms with Crippen molar-refractivity contribution in [3.05, 3.63) is 48.5 Å². The van der Waals surface area contributed by atoms with Gasteiger partial charge in [-0.15, -0.1) is 5.26 Å². The minimum atomic E-state index is -2.71. The molecular formula is C19H23NO5Si. The molecule has 0 bridgehead atoms. The van der Waals surface area contributed by atoms with Crippen LogP contribution >= 0.6 is 0 Å². The average Bonchev–Trinajstić information content (AvgIpc) is 2.69. The first-order chi connectivity index (χ1) is 12.6. The normalized spacial score (nSPS) is 12.3. The van der Waals surface area contributed by atoms with Gasteiger partial charge in [0.25, 0.3) is 6.26 Å². The molecule has 6 nitrogen and oxygen atoms in total. The molecule has 0 amide bonds. The molecule has 2 aromatic rings. The zero-order valence-corrected chi connectivity index (χ0v) is 16.4. The SMILES string of the molecule is CO[Si](OC)(OC)C(C)COc1ccc(-c2ccc(OC#N)cc2)cc1. The van der Waals surface area contributed by atoms with Gasteiger partial charge in [-0.3, -0.25) is 0 Å². The third-order valence-electron chi connectivity index (χ3n) is 4.16. The van der Waals surface area contributed by atoms with Gasteiger partial charge in [0.05, 0.1) is 12.1 Å². The van der Waals surface area contributed by atoms with Crippen LogP contribution in [0.2, 0.25) is 5.54 Å². The molecule has 0 aromatic heterocycles. The Morgan fingerprint density at radius 1 is 0.846 bits per heavy atom. The molecule has 0 aliphatic carbocycles. The van der Waals surface area contributed by atoms with Crippen LogP contribution in [0.25, 0.3) is 11.1 Å². The predicted octanol–water partition coefficient (Wildman–Crippen LogP) is 3.86. The van der Waals surface area contributed by atoms with Crippen LogP contribution in [0.15, 0.2) is 48.5 Å². The number of ether oxygens (including phenoxy) is 2. The van der Waals surface area contributed by atoms with Crippen LogP contribution in [0.5, 0.6) is 11.5 Å². The number of rotatable bonds is 9. The second-order valence-corrected chi connectivity index (χ2v) is 9.09. The second-order valence-electron chi connectivity index (χ2n) is 5.67. The predicted molar refractivity (Wildman–Crippen MR) is 99.8 cm³/mol. The summed E-state index contributed by atoms with van der Waals surface area (Å²) in [6.07, 6.45) is 1.66. The van der Waals surface area contributed by atoms with Gasteiger partial charge in [-0.1, -0.05) is 31.2 Å². The Hall–Kier alpha value is -2.37. The van der Waals surface area contributed by atoms with Crippen molar-refractivity contribution in [3.63, 3.8) is 0 Å². The van der Waals surface area contributed by atoms with E-state index in [2.05, 4.69) is 0 Å². The Morgan fingerprint density at radius 3 is 1.73 bits per heavy atom. The molecular weight excluding hydrogens is 350 g/mol. The van der Waals surface area contributed by atoms with E-state index in [0.717, 1.165) is 16.9 Å². The summed E-state index contributed by atoms with van der Waals surface area (Å²) in [5.41, 5.74) is 2.07. The standard InChI is InChI=1S/C19H23NO5Si/c1-15(26(21-2,22-3)23-4)13-24-18-9-5-16(6-10-18)17-7-11-19(12-8-17)25-14-20/h5-12,15H,13H2,1-4H3. The maximum atomic E-state index is 8.52. The maximum absolute atomic E-state index is 8.52. The molecule has 7 heteroatoms. The van der Waals surface area contributed by atoms with Crippen molar-refractivity contribution in [2.45, 2.75) is 12.5 Å². The minimum absolute atomic E-state index is 0.00476. The van der Waals surface area contributed by atoms with Crippen LogP contribution in [0.4, 0.5) is 0 Å². The van der Waals surface area contributed by atoms with Crippen molar-refractivity contribution >= 4 is 8.80 Å². The summed E-state index contributed by atoms with van der Waals surface area (Å²) in [6, 6.07) is 15.1. The number of benzene rings is 2. The highest BCUT2D eigenvalue weighted by Gasteiger charge is 2.45. The van der Waals surface area contributed by atoms with Gasteiger partial charge < -0.3 is 22.8 Å². The van der Waals surface area contributed by atoms with Gasteiger partial charge in [-0.25, -0.2) is 0 Å². The van der Waals surface area contributed by atoms with Crippen LogP contribution < -0.4 is 9.47 Å². The lowest BCUT2D eigenvalue weighted by Crippen LogP contribution is -2.48. The van der Waals surface area contributed by atoms with Gasteiger partial charge >= 0.3 is 8.80 Å². The van der Waals surface area contributed by atoms with Crippen LogP contribution in [0.1, 0.15) is 6.92 Å². The fourth-order valence-corrected chi connectivity index (χ4v) is 4.68. The highest BCUT2D eigenvalue weighted by molar-refractivity contribution is 6.62. The summed E-state index contributed by atoms with van der Waals surface area (Å²) >= 11 is 0. The quantitative estimate of drug-likeness (QED) is 0.491. The zero-order chi connectivity index (χ0) is 19.0. The Labute approximate surface area is 155 Å². The fraction of sp³-hybridized carbons (Fsp3) is 0.316. The summed E-state index contributed by atoms with van der Waals surface area (Å²) in [4.78, 5) is 0. The van der Waals surface area contributed by atoms with Crippen LogP contribution in [0.3, 0.4) is 0 Å². The van der Waals surface area contributed by atoms with Crippen molar-refractivity contribution in [2.75, 3.05) is 27.9 Å². The molecule has 0 radical (unpaired) electrons. The van der Waals surface area contributed by atoms with E-state index in [0.29, 0.717) is 12.4 Å². The molecule has 0 aliphatic heterocycles. The molecule has 0 fully saturated rings. The molecule has 0 N–H and O–H groups in total. The third kappa shape index (κ3) is 4.62. The first-order valence-corrected chi connectivity index (χ1v) is 9.93. The Kier molecular flexibility index (Phi) is 7.18. The first kappa shape index (κ1) is 19.9. The topological polar surface area (TPSA) is 69.9 Å². The Balaban J connectivity index is 2.00. The van der Waals surface area contributed by atoms with E-state index < -0.39 is 8.80 Å². The molecule has 138 valence electrons. The molecule has 1 unspecified atom stereocenters. The lowest BCUT2D eigenvalue weighted by molar-refractivity contribution is 0.104. The van der Waals surface area contributed by atoms with E-state index in [1.165, 1.54) is 0 Å². The lowest BCUT2D eigenvalue weighted by Gasteiger charge is -2.29. The number of nitriles is 1. The summed E-state index contributed by atoms with van der Waals surface area (Å²) in [5.74, 6) is 1.28. The molecule has 0 spiro atoms. The number of nitrogens with zero attached hydrogens (tertiary/aromatic N) is 1. The van der Waals surface area contributed by atoms with E-state index in [1.54, 1.807) is 39.7 Å². The fourth-order valence-electron chi connectivity index (χ4n) is 2.69. The largest absolute Gasteiger partial charge is 0.506 e. The van der Waals surface area contributed by atoms with Crippen molar-refractivity contribution in [1.29, 1.82) is 5.26 Å². The molecule has 0 heterocycles. The summed E-state index contributed by atoms with van der Waals surface area (Å²) < 4.78 is 27.1. The van der Waals surface area contributed by atoms with Crippen molar-refractivity contribution < 1.29 is 22.8 Å². The molecule has 0 saturated heterocycles. The first-order valence-electron chi connectivity index (χ1n) is 8.13. The van der Waals surface area contributed by atoms with Crippen LogP contribution in [-0.2, 0) is 13.3 Å². The molecule has 2 aromatic carbocycles. The molecule has 26 heavy (non-hydrogen) atoms. The maximum Gasteiger partial charge on any atom is 0.506 e. The van der Waals surface area contributed by atoms with Crippen molar-refractivity contribution in [2.24, 2.45) is 0 Å². The molecule has 0 aliphatic rings. The van der Waals surface area contributed by atoms with Gasteiger partial charge in [0.2, 0.25) is 0 Å². The van der Waals surface area contributed by atoms with Gasteiger partial charge in [0, 0.05) is 21.3 Å². The molecule has 2 rings (SSSR count). The Bertz CT molecular complexity index is 715. The van der Waals surface area contributed by atoms with Gasteiger partial charge in [-0.2, -0.15) is 0 Å². The van der Waals surface area contributed by atoms with E-state index in [4.69, 9.17) is 28.0 Å². The van der Waals surface area contributed by atoms with E-state index in [1.807, 2.05) is 43.3 Å². The summed E-state index contributed by atoms with van der Waals surface area (Å²) in [5, 5.41) is 8.52. The lowest BCUT2D eigenvalue weighted by atomic mass is 10.1. The van der Waals surface area contributed by atoms with Crippen molar-refractivity contribution in [3.8, 4) is 28.9 Å². The van der Waals surface area contributed by atoms with E-state index in [-0.39, 0.29) is 5.54 Å². The highest BCUT2D eigenvalue weighted by Crippen LogP contribution is 2.27. The molecule has 1 atom stereocenters. The summed E-state index contributed by atoms with van der Waals surface area (Å²) in [6.45, 7) is 2.42. The summed E-state index contributed by atoms with van der Waals surface area (Å²) in [7, 11) is 2.07. The van der Waals surface area contributed by atoms with Gasteiger partial charge in [0.1, 0.15) is 11.5 Å². The number of hydrogen-bond donors (Lipinski definition) is 0. The minimum Gasteiger partial charge on any atom is -0.493 e.